The number of primary amides is 1. The number of hydrogen-bond donors (Lipinski definition) is 2. The van der Waals surface area contributed by atoms with E-state index < -0.39 is 18.0 Å². The Morgan fingerprint density at radius 1 is 1.27 bits per heavy atom. The fraction of sp³-hybridized carbons (Fsp3) is 0.214. The van der Waals surface area contributed by atoms with E-state index in [1.165, 1.54) is 16.8 Å². The third-order valence-electron chi connectivity index (χ3n) is 3.02. The molecule has 0 aliphatic heterocycles. The van der Waals surface area contributed by atoms with E-state index in [1.54, 1.807) is 26.0 Å². The van der Waals surface area contributed by atoms with Crippen LogP contribution in [0.1, 0.15) is 27.9 Å². The molecule has 1 aromatic carbocycles. The molecule has 0 radical (unpaired) electrons. The average Bonchev–Trinajstić information content (AvgIpc) is 2.74. The van der Waals surface area contributed by atoms with Crippen molar-refractivity contribution in [2.45, 2.75) is 20.0 Å². The van der Waals surface area contributed by atoms with Crippen LogP contribution in [0.5, 0.6) is 0 Å². The predicted molar refractivity (Wildman–Crippen MR) is 83.9 cm³/mol. The Hall–Kier alpha value is -2.05. The summed E-state index contributed by atoms with van der Waals surface area (Å²) in [6.07, 6.45) is -1.13. The molecule has 1 unspecified atom stereocenters. The summed E-state index contributed by atoms with van der Waals surface area (Å²) in [7, 11) is 0. The van der Waals surface area contributed by atoms with Gasteiger partial charge < -0.3 is 11.1 Å². The third kappa shape index (κ3) is 3.23. The van der Waals surface area contributed by atoms with Crippen molar-refractivity contribution < 1.29 is 9.59 Å². The van der Waals surface area contributed by atoms with E-state index in [4.69, 9.17) is 28.9 Å². The molecule has 22 heavy (non-hydrogen) atoms. The number of nitrogens with two attached hydrogens (primary N) is 1. The number of amides is 2. The van der Waals surface area contributed by atoms with Crippen LogP contribution in [-0.4, -0.2) is 21.6 Å². The molecular formula is C14H14Cl2N4O2. The molecule has 2 rings (SSSR count). The minimum Gasteiger partial charge on any atom is -0.366 e. The van der Waals surface area contributed by atoms with Crippen LogP contribution < -0.4 is 11.1 Å². The summed E-state index contributed by atoms with van der Waals surface area (Å²) in [4.78, 5) is 24.0. The van der Waals surface area contributed by atoms with Gasteiger partial charge in [-0.3, -0.25) is 9.59 Å². The number of halogens is 2. The first-order valence-electron chi connectivity index (χ1n) is 6.38. The maximum Gasteiger partial charge on any atom is 0.262 e. The molecule has 1 heterocycles. The fourth-order valence-corrected chi connectivity index (χ4v) is 2.64. The zero-order valence-corrected chi connectivity index (χ0v) is 13.4. The van der Waals surface area contributed by atoms with E-state index in [1.807, 2.05) is 0 Å². The van der Waals surface area contributed by atoms with E-state index in [0.717, 1.165) is 0 Å². The number of carbonyl (C=O) groups is 2. The van der Waals surface area contributed by atoms with Crippen LogP contribution in [0.15, 0.2) is 24.3 Å². The highest BCUT2D eigenvalue weighted by atomic mass is 35.5. The van der Waals surface area contributed by atoms with Crippen molar-refractivity contribution in [2.75, 3.05) is 0 Å². The van der Waals surface area contributed by atoms with Crippen LogP contribution in [-0.2, 0) is 4.79 Å². The smallest absolute Gasteiger partial charge is 0.262 e. The zero-order valence-electron chi connectivity index (χ0n) is 11.9. The van der Waals surface area contributed by atoms with Gasteiger partial charge in [-0.1, -0.05) is 29.3 Å². The van der Waals surface area contributed by atoms with Gasteiger partial charge in [0.05, 0.1) is 21.3 Å². The monoisotopic (exact) mass is 340 g/mol. The number of aromatic nitrogens is 2. The quantitative estimate of drug-likeness (QED) is 0.893. The molecule has 1 aromatic heterocycles. The number of nitrogens with zero attached hydrogens (tertiary/aromatic N) is 2. The molecule has 0 spiro atoms. The van der Waals surface area contributed by atoms with Crippen LogP contribution in [0.4, 0.5) is 0 Å². The van der Waals surface area contributed by atoms with Gasteiger partial charge in [0.25, 0.3) is 11.8 Å². The van der Waals surface area contributed by atoms with Crippen LogP contribution in [0.3, 0.4) is 0 Å². The second kappa shape index (κ2) is 6.37. The average molecular weight is 341 g/mol. The van der Waals surface area contributed by atoms with Crippen molar-refractivity contribution in [2.24, 2.45) is 5.73 Å². The lowest BCUT2D eigenvalue weighted by atomic mass is 10.2. The van der Waals surface area contributed by atoms with Gasteiger partial charge in [0.15, 0.2) is 0 Å². The second-order valence-electron chi connectivity index (χ2n) is 4.75. The Balaban J connectivity index is 2.35. The van der Waals surface area contributed by atoms with Crippen molar-refractivity contribution in [1.29, 1.82) is 0 Å². The van der Waals surface area contributed by atoms with Gasteiger partial charge in [-0.2, -0.15) is 5.10 Å². The van der Waals surface area contributed by atoms with Crippen LogP contribution in [0.25, 0.3) is 0 Å². The Labute approximate surface area is 137 Å². The van der Waals surface area contributed by atoms with Crippen LogP contribution >= 0.6 is 23.2 Å². The number of aryl methyl sites for hydroxylation is 2. The van der Waals surface area contributed by atoms with Gasteiger partial charge in [-0.25, -0.2) is 4.68 Å². The Morgan fingerprint density at radius 2 is 1.86 bits per heavy atom. The molecule has 0 aliphatic rings. The van der Waals surface area contributed by atoms with E-state index >= 15 is 0 Å². The summed E-state index contributed by atoms with van der Waals surface area (Å²) < 4.78 is 1.35. The van der Waals surface area contributed by atoms with Gasteiger partial charge in [0.2, 0.25) is 6.17 Å². The number of hydrogen-bond acceptors (Lipinski definition) is 3. The summed E-state index contributed by atoms with van der Waals surface area (Å²) in [5, 5.41) is 7.03. The Morgan fingerprint density at radius 3 is 2.32 bits per heavy atom. The summed E-state index contributed by atoms with van der Waals surface area (Å²) in [6.45, 7) is 3.53. The van der Waals surface area contributed by atoms with Crippen molar-refractivity contribution in [3.63, 3.8) is 0 Å². The third-order valence-corrected chi connectivity index (χ3v) is 3.65. The van der Waals surface area contributed by atoms with Gasteiger partial charge >= 0.3 is 0 Å². The first kappa shape index (κ1) is 16.3. The van der Waals surface area contributed by atoms with Crippen LogP contribution in [0, 0.1) is 13.8 Å². The molecule has 0 aliphatic carbocycles. The predicted octanol–water partition coefficient (Wildman–Crippen LogP) is 2.22. The van der Waals surface area contributed by atoms with Gasteiger partial charge in [0.1, 0.15) is 0 Å². The van der Waals surface area contributed by atoms with Crippen molar-refractivity contribution >= 4 is 35.0 Å². The summed E-state index contributed by atoms with van der Waals surface area (Å²) >= 11 is 12.0. The summed E-state index contributed by atoms with van der Waals surface area (Å²) in [6, 6.07) is 6.45. The summed E-state index contributed by atoms with van der Waals surface area (Å²) in [5.74, 6) is -1.35. The number of benzene rings is 1. The highest BCUT2D eigenvalue weighted by Crippen LogP contribution is 2.24. The lowest BCUT2D eigenvalue weighted by molar-refractivity contribution is -0.122. The molecule has 0 fully saturated rings. The number of rotatable bonds is 4. The molecule has 0 saturated heterocycles. The first-order valence-corrected chi connectivity index (χ1v) is 7.13. The molecular weight excluding hydrogens is 327 g/mol. The minimum atomic E-state index is -1.13. The highest BCUT2D eigenvalue weighted by Gasteiger charge is 2.25. The molecule has 6 nitrogen and oxygen atoms in total. The van der Waals surface area contributed by atoms with Crippen molar-refractivity contribution in [3.8, 4) is 0 Å². The van der Waals surface area contributed by atoms with E-state index in [0.29, 0.717) is 11.4 Å². The molecule has 1 atom stereocenters. The fourth-order valence-electron chi connectivity index (χ4n) is 2.07. The normalized spacial score (nSPS) is 12.0. The lowest BCUT2D eigenvalue weighted by Gasteiger charge is -2.18. The topological polar surface area (TPSA) is 90.0 Å². The minimum absolute atomic E-state index is 0.0821. The SMILES string of the molecule is Cc1cc(C)n(C(NC(=O)c2c(Cl)cccc2Cl)C(N)=O)n1. The standard InChI is InChI=1S/C14H14Cl2N4O2/c1-7-6-8(2)20(19-7)13(12(17)21)18-14(22)11-9(15)4-3-5-10(11)16/h3-6,13H,1-2H3,(H2,17,21)(H,18,22). The van der Waals surface area contributed by atoms with Crippen LogP contribution in [0.2, 0.25) is 10.0 Å². The van der Waals surface area contributed by atoms with Gasteiger partial charge in [-0.15, -0.1) is 0 Å². The zero-order chi connectivity index (χ0) is 16.4. The highest BCUT2D eigenvalue weighted by molar-refractivity contribution is 6.39. The summed E-state index contributed by atoms with van der Waals surface area (Å²) in [5.41, 5.74) is 6.84. The van der Waals surface area contributed by atoms with Crippen molar-refractivity contribution in [3.05, 3.63) is 51.3 Å². The largest absolute Gasteiger partial charge is 0.366 e. The van der Waals surface area contributed by atoms with E-state index in [2.05, 4.69) is 10.4 Å². The van der Waals surface area contributed by atoms with E-state index in [-0.39, 0.29) is 15.6 Å². The Bertz CT molecular complexity index is 722. The molecule has 3 N–H and O–H groups in total. The van der Waals surface area contributed by atoms with Gasteiger partial charge in [-0.05, 0) is 32.0 Å². The Kier molecular flexibility index (Phi) is 4.73. The molecule has 116 valence electrons. The number of carbonyl (C=O) groups excluding carboxylic acids is 2. The second-order valence-corrected chi connectivity index (χ2v) is 5.56. The molecule has 0 saturated carbocycles. The van der Waals surface area contributed by atoms with Gasteiger partial charge in [0, 0.05) is 5.69 Å². The molecule has 0 bridgehead atoms. The first-order chi connectivity index (χ1) is 10.3. The molecule has 2 amide bonds. The maximum absolute atomic E-state index is 12.4. The maximum atomic E-state index is 12.4. The number of nitrogens with one attached hydrogen (secondary N) is 1. The molecule has 2 aromatic rings. The molecule has 8 heteroatoms. The van der Waals surface area contributed by atoms with E-state index in [9.17, 15) is 9.59 Å². The lowest BCUT2D eigenvalue weighted by Crippen LogP contribution is -2.42. The van der Waals surface area contributed by atoms with Crippen molar-refractivity contribution in [1.82, 2.24) is 15.1 Å².